The van der Waals surface area contributed by atoms with Gasteiger partial charge in [-0.1, -0.05) is 25.6 Å². The molecule has 2 aromatic rings. The summed E-state index contributed by atoms with van der Waals surface area (Å²) in [7, 11) is 0. The molecule has 2 rings (SSSR count). The summed E-state index contributed by atoms with van der Waals surface area (Å²) in [5.74, 6) is 0. The average molecular weight is 275 g/mol. The van der Waals surface area contributed by atoms with Crippen molar-refractivity contribution in [1.82, 2.24) is 9.66 Å². The van der Waals surface area contributed by atoms with Crippen molar-refractivity contribution in [3.05, 3.63) is 34.6 Å². The minimum Gasteiger partial charge on any atom is -0.318 e. The van der Waals surface area contributed by atoms with E-state index < -0.39 is 0 Å². The molecule has 2 heterocycles. The molecular weight excluding hydrogens is 254 g/mol. The normalized spacial score (nSPS) is 11.8. The van der Waals surface area contributed by atoms with E-state index in [1.54, 1.807) is 6.20 Å². The summed E-state index contributed by atoms with van der Waals surface area (Å²) < 4.78 is 2.79. The van der Waals surface area contributed by atoms with Gasteiger partial charge in [-0.05, 0) is 51.0 Å². The Morgan fingerprint density at radius 2 is 2.11 bits per heavy atom. The highest BCUT2D eigenvalue weighted by Crippen LogP contribution is 2.18. The molecular formula is C15H21N3S. The fraction of sp³-hybridized carbons (Fsp3) is 0.467. The van der Waals surface area contributed by atoms with E-state index in [2.05, 4.69) is 50.2 Å². The van der Waals surface area contributed by atoms with E-state index in [4.69, 9.17) is 12.2 Å². The monoisotopic (exact) mass is 275 g/mol. The summed E-state index contributed by atoms with van der Waals surface area (Å²) in [4.78, 5) is 4.46. The van der Waals surface area contributed by atoms with E-state index in [9.17, 15) is 0 Å². The Balaban J connectivity index is 2.69. The number of rotatable bonds is 3. The molecule has 4 heteroatoms. The van der Waals surface area contributed by atoms with Crippen LogP contribution in [0.5, 0.6) is 0 Å². The third-order valence-electron chi connectivity index (χ3n) is 2.80. The summed E-state index contributed by atoms with van der Waals surface area (Å²) in [5.41, 5.74) is 5.47. The van der Waals surface area contributed by atoms with Crippen molar-refractivity contribution < 1.29 is 0 Å². The molecule has 0 radical (unpaired) electrons. The van der Waals surface area contributed by atoms with E-state index in [-0.39, 0.29) is 5.54 Å². The Hall–Kier alpha value is -1.42. The van der Waals surface area contributed by atoms with Crippen LogP contribution in [-0.4, -0.2) is 15.2 Å². The first-order valence-corrected chi connectivity index (χ1v) is 7.11. The summed E-state index contributed by atoms with van der Waals surface area (Å²) >= 11 is 5.61. The molecule has 1 N–H and O–H groups in total. The lowest BCUT2D eigenvalue weighted by Crippen LogP contribution is -2.35. The van der Waals surface area contributed by atoms with Gasteiger partial charge in [0.15, 0.2) is 5.65 Å². The fourth-order valence-corrected chi connectivity index (χ4v) is 2.38. The quantitative estimate of drug-likeness (QED) is 0.857. The topological polar surface area (TPSA) is 29.9 Å². The third kappa shape index (κ3) is 3.13. The van der Waals surface area contributed by atoms with Crippen LogP contribution in [-0.2, 0) is 6.42 Å². The molecule has 0 spiro atoms. The molecule has 19 heavy (non-hydrogen) atoms. The molecule has 0 atom stereocenters. The van der Waals surface area contributed by atoms with Crippen molar-refractivity contribution in [1.29, 1.82) is 0 Å². The SMILES string of the molecule is CCCc1cc2cccnc2n(NC(C)(C)C)c1=S. The second-order valence-corrected chi connectivity index (χ2v) is 6.22. The van der Waals surface area contributed by atoms with Gasteiger partial charge in [-0.3, -0.25) is 0 Å². The zero-order valence-electron chi connectivity index (χ0n) is 12.0. The summed E-state index contributed by atoms with van der Waals surface area (Å²) in [5, 5.41) is 1.12. The van der Waals surface area contributed by atoms with Gasteiger partial charge in [-0.25, -0.2) is 9.66 Å². The maximum absolute atomic E-state index is 5.61. The largest absolute Gasteiger partial charge is 0.318 e. The lowest BCUT2D eigenvalue weighted by molar-refractivity contribution is 0.555. The molecule has 0 aliphatic rings. The van der Waals surface area contributed by atoms with Gasteiger partial charge in [0.05, 0.1) is 0 Å². The highest BCUT2D eigenvalue weighted by molar-refractivity contribution is 7.71. The maximum Gasteiger partial charge on any atom is 0.159 e. The Morgan fingerprint density at radius 3 is 2.74 bits per heavy atom. The smallest absolute Gasteiger partial charge is 0.159 e. The summed E-state index contributed by atoms with van der Waals surface area (Å²) in [6, 6.07) is 6.20. The van der Waals surface area contributed by atoms with Gasteiger partial charge in [0.1, 0.15) is 4.64 Å². The Labute approximate surface area is 119 Å². The second kappa shape index (κ2) is 5.29. The zero-order chi connectivity index (χ0) is 14.0. The molecule has 0 saturated heterocycles. The molecule has 0 aliphatic carbocycles. The van der Waals surface area contributed by atoms with Crippen molar-refractivity contribution in [3.63, 3.8) is 0 Å². The van der Waals surface area contributed by atoms with Crippen LogP contribution in [0.25, 0.3) is 11.0 Å². The molecule has 0 fully saturated rings. The molecule has 0 unspecified atom stereocenters. The van der Waals surface area contributed by atoms with Crippen LogP contribution in [0, 0.1) is 4.64 Å². The number of nitrogens with one attached hydrogen (secondary N) is 1. The second-order valence-electron chi connectivity index (χ2n) is 5.84. The summed E-state index contributed by atoms with van der Waals surface area (Å²) in [6.45, 7) is 8.53. The molecule has 2 aromatic heterocycles. The van der Waals surface area contributed by atoms with Gasteiger partial charge < -0.3 is 5.43 Å². The molecule has 3 nitrogen and oxygen atoms in total. The minimum absolute atomic E-state index is 0.0620. The van der Waals surface area contributed by atoms with Gasteiger partial charge >= 0.3 is 0 Å². The lowest BCUT2D eigenvalue weighted by atomic mass is 10.1. The standard InChI is InChI=1S/C15H21N3S/c1-5-7-12-10-11-8-6-9-16-13(11)18(14(12)19)17-15(2,3)4/h6,8-10,17H,5,7H2,1-4H3. The van der Waals surface area contributed by atoms with Crippen LogP contribution in [0.3, 0.4) is 0 Å². The van der Waals surface area contributed by atoms with E-state index in [1.807, 2.05) is 10.7 Å². The number of hydrogen-bond acceptors (Lipinski definition) is 3. The van der Waals surface area contributed by atoms with Crippen LogP contribution in [0.15, 0.2) is 24.4 Å². The van der Waals surface area contributed by atoms with Gasteiger partial charge in [0.2, 0.25) is 0 Å². The van der Waals surface area contributed by atoms with Crippen LogP contribution in [0.1, 0.15) is 39.7 Å². The van der Waals surface area contributed by atoms with Gasteiger partial charge in [-0.2, -0.15) is 0 Å². The number of aryl methyl sites for hydroxylation is 1. The van der Waals surface area contributed by atoms with Crippen LogP contribution in [0.2, 0.25) is 0 Å². The Morgan fingerprint density at radius 1 is 1.37 bits per heavy atom. The van der Waals surface area contributed by atoms with Gasteiger partial charge in [0.25, 0.3) is 0 Å². The molecule has 0 amide bonds. The van der Waals surface area contributed by atoms with E-state index in [0.717, 1.165) is 28.5 Å². The molecule has 102 valence electrons. The van der Waals surface area contributed by atoms with Crippen LogP contribution >= 0.6 is 12.2 Å². The highest BCUT2D eigenvalue weighted by Gasteiger charge is 2.13. The maximum atomic E-state index is 5.61. The van der Waals surface area contributed by atoms with Crippen molar-refractivity contribution >= 4 is 23.3 Å². The molecule has 0 aliphatic heterocycles. The number of aromatic nitrogens is 2. The predicted octanol–water partition coefficient (Wildman–Crippen LogP) is 4.06. The van der Waals surface area contributed by atoms with Crippen molar-refractivity contribution in [2.45, 2.75) is 46.1 Å². The number of pyridine rings is 2. The number of fused-ring (bicyclic) bond motifs is 1. The van der Waals surface area contributed by atoms with E-state index >= 15 is 0 Å². The van der Waals surface area contributed by atoms with E-state index in [1.165, 1.54) is 5.56 Å². The van der Waals surface area contributed by atoms with Crippen molar-refractivity contribution in [2.75, 3.05) is 5.43 Å². The first kappa shape index (κ1) is 14.0. The molecule has 0 saturated carbocycles. The van der Waals surface area contributed by atoms with Crippen molar-refractivity contribution in [3.8, 4) is 0 Å². The first-order valence-electron chi connectivity index (χ1n) is 6.70. The van der Waals surface area contributed by atoms with Gasteiger partial charge in [-0.15, -0.1) is 0 Å². The van der Waals surface area contributed by atoms with Crippen LogP contribution < -0.4 is 5.43 Å². The highest BCUT2D eigenvalue weighted by atomic mass is 32.1. The third-order valence-corrected chi connectivity index (χ3v) is 3.25. The van der Waals surface area contributed by atoms with E-state index in [0.29, 0.717) is 0 Å². The Bertz CT molecular complexity index is 638. The zero-order valence-corrected chi connectivity index (χ0v) is 12.8. The number of nitrogens with zero attached hydrogens (tertiary/aromatic N) is 2. The van der Waals surface area contributed by atoms with Gasteiger partial charge in [0, 0.05) is 17.1 Å². The molecule has 0 bridgehead atoms. The lowest BCUT2D eigenvalue weighted by Gasteiger charge is -2.25. The first-order chi connectivity index (χ1) is 8.92. The van der Waals surface area contributed by atoms with Crippen LogP contribution in [0.4, 0.5) is 0 Å². The fourth-order valence-electron chi connectivity index (χ4n) is 2.09. The number of hydrogen-bond donors (Lipinski definition) is 1. The predicted molar refractivity (Wildman–Crippen MR) is 83.7 cm³/mol. The summed E-state index contributed by atoms with van der Waals surface area (Å²) in [6.07, 6.45) is 3.89. The van der Waals surface area contributed by atoms with Crippen molar-refractivity contribution in [2.24, 2.45) is 0 Å². The molecule has 0 aromatic carbocycles. The minimum atomic E-state index is -0.0620. The Kier molecular flexibility index (Phi) is 3.90. The average Bonchev–Trinajstić information content (AvgIpc) is 2.33.